The highest BCUT2D eigenvalue weighted by Gasteiger charge is 2.36. The third-order valence-corrected chi connectivity index (χ3v) is 4.45. The summed E-state index contributed by atoms with van der Waals surface area (Å²) >= 11 is 0. The van der Waals surface area contributed by atoms with Crippen LogP contribution in [-0.4, -0.2) is 10.9 Å². The molecule has 3 heteroatoms. The first kappa shape index (κ1) is 11.7. The van der Waals surface area contributed by atoms with Gasteiger partial charge in [0.05, 0.1) is 0 Å². The van der Waals surface area contributed by atoms with E-state index in [4.69, 9.17) is 0 Å². The molecule has 2 aliphatic rings. The van der Waals surface area contributed by atoms with Gasteiger partial charge in [0.25, 0.3) is 0 Å². The van der Waals surface area contributed by atoms with Crippen LogP contribution in [0.2, 0.25) is 0 Å². The Kier molecular flexibility index (Phi) is 3.31. The lowest BCUT2D eigenvalue weighted by molar-refractivity contribution is -0.126. The molecular weight excluding hydrogens is 224 g/mol. The highest BCUT2D eigenvalue weighted by molar-refractivity contribution is 5.78. The summed E-state index contributed by atoms with van der Waals surface area (Å²) in [7, 11) is 0. The largest absolute Gasteiger partial charge is 0.352 e. The molecule has 18 heavy (non-hydrogen) atoms. The van der Waals surface area contributed by atoms with Gasteiger partial charge in [0, 0.05) is 24.9 Å². The third-order valence-electron chi connectivity index (χ3n) is 4.45. The second kappa shape index (κ2) is 5.09. The predicted molar refractivity (Wildman–Crippen MR) is 69.6 cm³/mol. The fraction of sp³-hybridized carbons (Fsp3) is 0.600. The fourth-order valence-electron chi connectivity index (χ4n) is 3.56. The van der Waals surface area contributed by atoms with Crippen LogP contribution in [0.15, 0.2) is 24.5 Å². The maximum Gasteiger partial charge on any atom is 0.223 e. The van der Waals surface area contributed by atoms with Crippen LogP contribution in [0.25, 0.3) is 0 Å². The number of amides is 1. The van der Waals surface area contributed by atoms with Gasteiger partial charge in [-0.25, -0.2) is 0 Å². The Morgan fingerprint density at radius 1 is 1.28 bits per heavy atom. The minimum Gasteiger partial charge on any atom is -0.352 e. The average Bonchev–Trinajstić information content (AvgIpc) is 2.76. The molecule has 0 radical (unpaired) electrons. The zero-order chi connectivity index (χ0) is 12.4. The topological polar surface area (TPSA) is 42.0 Å². The van der Waals surface area contributed by atoms with Crippen LogP contribution in [0.5, 0.6) is 0 Å². The van der Waals surface area contributed by atoms with E-state index in [-0.39, 0.29) is 11.8 Å². The molecular formula is C15H20N2O. The number of nitrogens with zero attached hydrogens (tertiary/aromatic N) is 1. The van der Waals surface area contributed by atoms with Crippen molar-refractivity contribution in [3.05, 3.63) is 30.1 Å². The molecule has 0 aliphatic heterocycles. The van der Waals surface area contributed by atoms with Crippen LogP contribution in [-0.2, 0) is 11.3 Å². The summed E-state index contributed by atoms with van der Waals surface area (Å²) in [4.78, 5) is 16.2. The zero-order valence-corrected chi connectivity index (χ0v) is 10.6. The molecule has 1 amide bonds. The second-order valence-corrected chi connectivity index (χ2v) is 5.79. The molecule has 0 spiro atoms. The van der Waals surface area contributed by atoms with Crippen LogP contribution >= 0.6 is 0 Å². The average molecular weight is 244 g/mol. The van der Waals surface area contributed by atoms with Crippen molar-refractivity contribution >= 4 is 5.91 Å². The molecule has 3 nitrogen and oxygen atoms in total. The van der Waals surface area contributed by atoms with Crippen LogP contribution in [0.1, 0.15) is 37.7 Å². The maximum absolute atomic E-state index is 12.2. The van der Waals surface area contributed by atoms with Gasteiger partial charge in [-0.1, -0.05) is 18.9 Å². The molecule has 2 saturated carbocycles. The lowest BCUT2D eigenvalue weighted by atomic mass is 9.80. The number of hydrogen-bond acceptors (Lipinski definition) is 2. The van der Waals surface area contributed by atoms with Crippen molar-refractivity contribution in [2.24, 2.45) is 17.8 Å². The van der Waals surface area contributed by atoms with E-state index in [0.717, 1.165) is 30.2 Å². The molecule has 1 N–H and O–H groups in total. The van der Waals surface area contributed by atoms with Gasteiger partial charge in [-0.05, 0) is 42.7 Å². The summed E-state index contributed by atoms with van der Waals surface area (Å²) in [6.45, 7) is 0.610. The summed E-state index contributed by atoms with van der Waals surface area (Å²) in [5.41, 5.74) is 1.07. The molecule has 2 unspecified atom stereocenters. The number of fused-ring (bicyclic) bond motifs is 2. The molecule has 96 valence electrons. The number of nitrogens with one attached hydrogen (secondary N) is 1. The quantitative estimate of drug-likeness (QED) is 0.887. The minimum absolute atomic E-state index is 0.246. The highest BCUT2D eigenvalue weighted by atomic mass is 16.1. The molecule has 3 rings (SSSR count). The highest BCUT2D eigenvalue weighted by Crippen LogP contribution is 2.44. The van der Waals surface area contributed by atoms with Crippen molar-refractivity contribution in [1.29, 1.82) is 0 Å². The first-order chi connectivity index (χ1) is 8.81. The molecule has 1 heterocycles. The monoisotopic (exact) mass is 244 g/mol. The third kappa shape index (κ3) is 2.55. The lowest BCUT2D eigenvalue weighted by Gasteiger charge is -2.26. The second-order valence-electron chi connectivity index (χ2n) is 5.79. The Bertz CT molecular complexity index is 406. The van der Waals surface area contributed by atoms with Crippen LogP contribution in [0.3, 0.4) is 0 Å². The van der Waals surface area contributed by atoms with E-state index >= 15 is 0 Å². The Morgan fingerprint density at radius 3 is 2.72 bits per heavy atom. The molecule has 1 aromatic rings. The van der Waals surface area contributed by atoms with Crippen LogP contribution < -0.4 is 5.32 Å². The molecule has 1 aromatic heterocycles. The predicted octanol–water partition coefficient (Wildman–Crippen LogP) is 2.52. The number of carbonyl (C=O) groups is 1. The summed E-state index contributed by atoms with van der Waals surface area (Å²) in [6, 6.07) is 3.90. The number of aromatic nitrogens is 1. The van der Waals surface area contributed by atoms with E-state index in [0.29, 0.717) is 6.54 Å². The van der Waals surface area contributed by atoms with Crippen molar-refractivity contribution in [3.63, 3.8) is 0 Å². The van der Waals surface area contributed by atoms with E-state index in [9.17, 15) is 4.79 Å². The van der Waals surface area contributed by atoms with Crippen LogP contribution in [0.4, 0.5) is 0 Å². The fourth-order valence-corrected chi connectivity index (χ4v) is 3.56. The standard InChI is InChI=1S/C15H20N2O/c18-15(17-10-13-2-1-5-16-9-13)14-7-11-3-4-12(6-11)8-14/h1-2,5,9,11-12,14H,3-4,6-8,10H2,(H,17,18). The summed E-state index contributed by atoms with van der Waals surface area (Å²) in [5.74, 6) is 2.14. The Hall–Kier alpha value is -1.38. The Labute approximate surface area is 108 Å². The van der Waals surface area contributed by atoms with E-state index < -0.39 is 0 Å². The molecule has 0 saturated heterocycles. The SMILES string of the molecule is O=C(NCc1cccnc1)C1CC2CCC(C2)C1. The first-order valence-electron chi connectivity index (χ1n) is 6.98. The van der Waals surface area contributed by atoms with Crippen molar-refractivity contribution in [1.82, 2.24) is 10.3 Å². The smallest absolute Gasteiger partial charge is 0.223 e. The Balaban J connectivity index is 1.53. The lowest BCUT2D eigenvalue weighted by Crippen LogP contribution is -2.33. The zero-order valence-electron chi connectivity index (χ0n) is 10.6. The summed E-state index contributed by atoms with van der Waals surface area (Å²) in [5, 5.41) is 3.06. The van der Waals surface area contributed by atoms with Crippen LogP contribution in [0, 0.1) is 17.8 Å². The number of carbonyl (C=O) groups excluding carboxylic acids is 1. The normalized spacial score (nSPS) is 30.1. The van der Waals surface area contributed by atoms with E-state index in [1.165, 1.54) is 19.3 Å². The Morgan fingerprint density at radius 2 is 2.06 bits per heavy atom. The number of pyridine rings is 1. The summed E-state index contributed by atoms with van der Waals surface area (Å²) in [6.07, 6.45) is 9.83. The molecule has 2 fully saturated rings. The van der Waals surface area contributed by atoms with Gasteiger partial charge < -0.3 is 5.32 Å². The van der Waals surface area contributed by atoms with E-state index in [1.807, 2.05) is 18.3 Å². The molecule has 0 aromatic carbocycles. The van der Waals surface area contributed by atoms with Crippen molar-refractivity contribution < 1.29 is 4.79 Å². The van der Waals surface area contributed by atoms with Gasteiger partial charge in [-0.3, -0.25) is 9.78 Å². The van der Waals surface area contributed by atoms with Gasteiger partial charge >= 0.3 is 0 Å². The van der Waals surface area contributed by atoms with E-state index in [1.54, 1.807) is 6.20 Å². The van der Waals surface area contributed by atoms with E-state index in [2.05, 4.69) is 10.3 Å². The molecule has 2 atom stereocenters. The van der Waals surface area contributed by atoms with Gasteiger partial charge in [0.1, 0.15) is 0 Å². The van der Waals surface area contributed by atoms with Crippen molar-refractivity contribution in [2.45, 2.75) is 38.6 Å². The van der Waals surface area contributed by atoms with Crippen molar-refractivity contribution in [2.75, 3.05) is 0 Å². The minimum atomic E-state index is 0.246. The molecule has 2 bridgehead atoms. The first-order valence-corrected chi connectivity index (χ1v) is 6.98. The van der Waals surface area contributed by atoms with Crippen molar-refractivity contribution in [3.8, 4) is 0 Å². The van der Waals surface area contributed by atoms with Gasteiger partial charge in [-0.15, -0.1) is 0 Å². The maximum atomic E-state index is 12.2. The van der Waals surface area contributed by atoms with Gasteiger partial charge in [0.2, 0.25) is 5.91 Å². The molecule has 2 aliphatic carbocycles. The summed E-state index contributed by atoms with van der Waals surface area (Å²) < 4.78 is 0. The number of hydrogen-bond donors (Lipinski definition) is 1. The van der Waals surface area contributed by atoms with Gasteiger partial charge in [0.15, 0.2) is 0 Å². The number of rotatable bonds is 3. The van der Waals surface area contributed by atoms with Gasteiger partial charge in [-0.2, -0.15) is 0 Å².